The van der Waals surface area contributed by atoms with Gasteiger partial charge >= 0.3 is 0 Å². The zero-order valence-electron chi connectivity index (χ0n) is 15.3. The lowest BCUT2D eigenvalue weighted by Crippen LogP contribution is -2.52. The molecule has 0 aromatic carbocycles. The Kier molecular flexibility index (Phi) is 5.02. The SMILES string of the molecule is Cc1noc([C@]23CN(CCCO)CC[C@H]2CN(Cc2cccnc2)C3)n1. The molecule has 2 aliphatic rings. The smallest absolute Gasteiger partial charge is 0.235 e. The number of aliphatic hydroxyl groups excluding tert-OH is 1. The monoisotopic (exact) mass is 357 g/mol. The van der Waals surface area contributed by atoms with E-state index in [1.807, 2.05) is 25.4 Å². The third-order valence-electron chi connectivity index (χ3n) is 5.78. The molecular weight excluding hydrogens is 330 g/mol. The van der Waals surface area contributed by atoms with Crippen LogP contribution < -0.4 is 0 Å². The average Bonchev–Trinajstić information content (AvgIpc) is 3.24. The van der Waals surface area contributed by atoms with Crippen molar-refractivity contribution < 1.29 is 9.63 Å². The highest BCUT2D eigenvalue weighted by molar-refractivity contribution is 5.19. The molecule has 1 N–H and O–H groups in total. The van der Waals surface area contributed by atoms with Gasteiger partial charge in [-0.1, -0.05) is 11.2 Å². The molecule has 0 saturated carbocycles. The number of likely N-dealkylation sites (tertiary alicyclic amines) is 2. The number of aromatic nitrogens is 3. The Balaban J connectivity index is 1.57. The van der Waals surface area contributed by atoms with Gasteiger partial charge in [-0.15, -0.1) is 0 Å². The van der Waals surface area contributed by atoms with E-state index in [4.69, 9.17) is 4.52 Å². The zero-order chi connectivity index (χ0) is 18.0. The van der Waals surface area contributed by atoms with Gasteiger partial charge in [0.05, 0.1) is 5.41 Å². The number of aryl methyl sites for hydroxylation is 1. The predicted molar refractivity (Wildman–Crippen MR) is 96.5 cm³/mol. The number of hydrogen-bond acceptors (Lipinski definition) is 7. The second-order valence-corrected chi connectivity index (χ2v) is 7.67. The van der Waals surface area contributed by atoms with Crippen molar-refractivity contribution in [2.24, 2.45) is 5.92 Å². The highest BCUT2D eigenvalue weighted by atomic mass is 16.5. The Morgan fingerprint density at radius 1 is 1.35 bits per heavy atom. The van der Waals surface area contributed by atoms with E-state index in [1.54, 1.807) is 0 Å². The Morgan fingerprint density at radius 2 is 2.23 bits per heavy atom. The molecule has 2 saturated heterocycles. The molecule has 0 unspecified atom stereocenters. The first kappa shape index (κ1) is 17.6. The minimum atomic E-state index is -0.114. The molecule has 4 rings (SSSR count). The van der Waals surface area contributed by atoms with Gasteiger partial charge in [0.15, 0.2) is 5.82 Å². The molecular formula is C19H27N5O2. The lowest BCUT2D eigenvalue weighted by Gasteiger charge is -2.41. The van der Waals surface area contributed by atoms with E-state index in [2.05, 4.69) is 31.0 Å². The van der Waals surface area contributed by atoms with Crippen LogP contribution in [0, 0.1) is 12.8 Å². The fourth-order valence-corrected chi connectivity index (χ4v) is 4.61. The molecule has 0 bridgehead atoms. The van der Waals surface area contributed by atoms with Gasteiger partial charge < -0.3 is 14.5 Å². The van der Waals surface area contributed by atoms with Gasteiger partial charge in [0, 0.05) is 51.7 Å². The molecule has 140 valence electrons. The summed E-state index contributed by atoms with van der Waals surface area (Å²) in [4.78, 5) is 13.8. The van der Waals surface area contributed by atoms with Crippen LogP contribution in [0.1, 0.15) is 30.1 Å². The van der Waals surface area contributed by atoms with Crippen molar-refractivity contribution in [3.05, 3.63) is 41.8 Å². The van der Waals surface area contributed by atoms with Crippen LogP contribution in [0.25, 0.3) is 0 Å². The van der Waals surface area contributed by atoms with Crippen LogP contribution in [0.4, 0.5) is 0 Å². The van der Waals surface area contributed by atoms with E-state index in [1.165, 1.54) is 5.56 Å². The van der Waals surface area contributed by atoms with Crippen LogP contribution in [-0.2, 0) is 12.0 Å². The van der Waals surface area contributed by atoms with Gasteiger partial charge in [-0.05, 0) is 43.9 Å². The first-order chi connectivity index (χ1) is 12.7. The summed E-state index contributed by atoms with van der Waals surface area (Å²) in [5, 5.41) is 13.3. The summed E-state index contributed by atoms with van der Waals surface area (Å²) >= 11 is 0. The first-order valence-corrected chi connectivity index (χ1v) is 9.45. The first-order valence-electron chi connectivity index (χ1n) is 9.45. The van der Waals surface area contributed by atoms with E-state index in [-0.39, 0.29) is 12.0 Å². The van der Waals surface area contributed by atoms with Crippen molar-refractivity contribution in [3.63, 3.8) is 0 Å². The van der Waals surface area contributed by atoms with Crippen molar-refractivity contribution in [1.82, 2.24) is 24.9 Å². The highest BCUT2D eigenvalue weighted by Crippen LogP contribution is 2.44. The summed E-state index contributed by atoms with van der Waals surface area (Å²) in [6.07, 6.45) is 5.69. The fraction of sp³-hybridized carbons (Fsp3) is 0.632. The molecule has 4 heterocycles. The third-order valence-corrected chi connectivity index (χ3v) is 5.78. The Hall–Kier alpha value is -1.83. The molecule has 2 aromatic heterocycles. The van der Waals surface area contributed by atoms with E-state index < -0.39 is 0 Å². The predicted octanol–water partition coefficient (Wildman–Crippen LogP) is 1.23. The number of fused-ring (bicyclic) bond motifs is 1. The molecule has 2 aromatic rings. The molecule has 2 fully saturated rings. The number of piperidine rings is 1. The summed E-state index contributed by atoms with van der Waals surface area (Å²) in [6.45, 7) is 7.89. The molecule has 0 aliphatic carbocycles. The Bertz CT molecular complexity index is 722. The largest absolute Gasteiger partial charge is 0.396 e. The lowest BCUT2D eigenvalue weighted by molar-refractivity contribution is 0.0874. The van der Waals surface area contributed by atoms with Gasteiger partial charge in [0.1, 0.15) is 0 Å². The van der Waals surface area contributed by atoms with Gasteiger partial charge in [-0.25, -0.2) is 0 Å². The van der Waals surface area contributed by atoms with E-state index in [9.17, 15) is 5.11 Å². The topological polar surface area (TPSA) is 78.5 Å². The number of pyridine rings is 1. The summed E-state index contributed by atoms with van der Waals surface area (Å²) < 4.78 is 5.68. The fourth-order valence-electron chi connectivity index (χ4n) is 4.61. The summed E-state index contributed by atoms with van der Waals surface area (Å²) in [6, 6.07) is 4.12. The van der Waals surface area contributed by atoms with Crippen LogP contribution in [0.15, 0.2) is 29.0 Å². The molecule has 7 heteroatoms. The van der Waals surface area contributed by atoms with Crippen LogP contribution in [0.5, 0.6) is 0 Å². The van der Waals surface area contributed by atoms with E-state index in [0.29, 0.717) is 11.7 Å². The normalized spacial score (nSPS) is 26.9. The van der Waals surface area contributed by atoms with Gasteiger partial charge in [-0.2, -0.15) is 4.98 Å². The van der Waals surface area contributed by atoms with Crippen LogP contribution in [0.3, 0.4) is 0 Å². The highest BCUT2D eigenvalue weighted by Gasteiger charge is 2.54. The van der Waals surface area contributed by atoms with Crippen LogP contribution in [-0.4, -0.2) is 69.4 Å². The maximum atomic E-state index is 9.19. The van der Waals surface area contributed by atoms with Crippen molar-refractivity contribution in [3.8, 4) is 0 Å². The summed E-state index contributed by atoms with van der Waals surface area (Å²) in [7, 11) is 0. The van der Waals surface area contributed by atoms with E-state index in [0.717, 1.165) is 58.0 Å². The Morgan fingerprint density at radius 3 is 2.96 bits per heavy atom. The standard InChI is InChI=1S/C19H27N5O2/c1-15-21-18(26-22-15)19-13-23(7-3-9-25)8-5-17(19)12-24(14-19)11-16-4-2-6-20-10-16/h2,4,6,10,17,25H,3,5,7-9,11-14H2,1H3/t17-,19-/m0/s1. The minimum absolute atomic E-state index is 0.114. The Labute approximate surface area is 154 Å². The maximum Gasteiger partial charge on any atom is 0.235 e. The molecule has 26 heavy (non-hydrogen) atoms. The number of nitrogens with zero attached hydrogens (tertiary/aromatic N) is 5. The lowest BCUT2D eigenvalue weighted by atomic mass is 9.73. The van der Waals surface area contributed by atoms with Crippen molar-refractivity contribution in [2.45, 2.75) is 31.7 Å². The second kappa shape index (κ2) is 7.42. The molecule has 2 atom stereocenters. The van der Waals surface area contributed by atoms with Gasteiger partial charge in [0.2, 0.25) is 5.89 Å². The number of aliphatic hydroxyl groups is 1. The maximum absolute atomic E-state index is 9.19. The van der Waals surface area contributed by atoms with Gasteiger partial charge in [-0.3, -0.25) is 9.88 Å². The summed E-state index contributed by atoms with van der Waals surface area (Å²) in [5.74, 6) is 2.00. The van der Waals surface area contributed by atoms with Gasteiger partial charge in [0.25, 0.3) is 0 Å². The third kappa shape index (κ3) is 3.39. The molecule has 2 aliphatic heterocycles. The van der Waals surface area contributed by atoms with Crippen molar-refractivity contribution in [2.75, 3.05) is 39.3 Å². The molecule has 7 nitrogen and oxygen atoms in total. The van der Waals surface area contributed by atoms with Crippen molar-refractivity contribution >= 4 is 0 Å². The van der Waals surface area contributed by atoms with Crippen molar-refractivity contribution in [1.29, 1.82) is 0 Å². The van der Waals surface area contributed by atoms with Crippen LogP contribution >= 0.6 is 0 Å². The zero-order valence-corrected chi connectivity index (χ0v) is 15.3. The van der Waals surface area contributed by atoms with E-state index >= 15 is 0 Å². The second-order valence-electron chi connectivity index (χ2n) is 7.67. The molecule has 0 radical (unpaired) electrons. The summed E-state index contributed by atoms with van der Waals surface area (Å²) in [5.41, 5.74) is 1.12. The molecule has 0 amide bonds. The van der Waals surface area contributed by atoms with Crippen LogP contribution in [0.2, 0.25) is 0 Å². The quantitative estimate of drug-likeness (QED) is 0.833. The average molecular weight is 357 g/mol. The number of hydrogen-bond donors (Lipinski definition) is 1. The number of rotatable bonds is 6. The minimum Gasteiger partial charge on any atom is -0.396 e. The molecule has 0 spiro atoms.